The summed E-state index contributed by atoms with van der Waals surface area (Å²) in [5, 5.41) is 3.45. The van der Waals surface area contributed by atoms with Gasteiger partial charge in [0.25, 0.3) is 0 Å². The second-order valence-electron chi connectivity index (χ2n) is 7.13. The quantitative estimate of drug-likeness (QED) is 0.722. The van der Waals surface area contributed by atoms with Crippen LogP contribution in [0.5, 0.6) is 0 Å². The molecule has 2 nitrogen and oxygen atoms in total. The third-order valence-corrected chi connectivity index (χ3v) is 5.14. The van der Waals surface area contributed by atoms with Crippen molar-refractivity contribution in [2.24, 2.45) is 5.92 Å². The number of hydrogen-bond donors (Lipinski definition) is 1. The number of likely N-dealkylation sites (tertiary alicyclic amines) is 1. The van der Waals surface area contributed by atoms with Crippen LogP contribution in [0.25, 0.3) is 0 Å². The third-order valence-electron chi connectivity index (χ3n) is 5.14. The maximum Gasteiger partial charge on any atom is 0.123 e. The fourth-order valence-electron chi connectivity index (χ4n) is 3.62. The minimum absolute atomic E-state index is 0.167. The second kappa shape index (κ2) is 9.69. The molecule has 3 heteroatoms. The van der Waals surface area contributed by atoms with Gasteiger partial charge < -0.3 is 10.2 Å². The molecule has 0 aromatic heterocycles. The van der Waals surface area contributed by atoms with Crippen molar-refractivity contribution < 1.29 is 4.39 Å². The lowest BCUT2D eigenvalue weighted by Gasteiger charge is -2.32. The summed E-state index contributed by atoms with van der Waals surface area (Å²) in [5.41, 5.74) is 2.62. The van der Waals surface area contributed by atoms with Gasteiger partial charge in [0.05, 0.1) is 0 Å². The molecule has 1 aliphatic rings. The summed E-state index contributed by atoms with van der Waals surface area (Å²) in [5.74, 6) is 0.676. The Morgan fingerprint density at radius 3 is 2.36 bits per heavy atom. The van der Waals surface area contributed by atoms with E-state index in [-0.39, 0.29) is 5.82 Å². The molecular formula is C22H29FN2. The van der Waals surface area contributed by atoms with Crippen LogP contribution in [0, 0.1) is 11.7 Å². The Labute approximate surface area is 151 Å². The number of piperidine rings is 1. The zero-order valence-electron chi connectivity index (χ0n) is 15.0. The Bertz CT molecular complexity index is 604. The first-order valence-corrected chi connectivity index (χ1v) is 9.51. The SMILES string of the molecule is Fc1ccc(CNCCCN2CCC(Cc3ccccc3)CC2)cc1. The molecule has 0 radical (unpaired) electrons. The lowest BCUT2D eigenvalue weighted by atomic mass is 9.90. The van der Waals surface area contributed by atoms with Crippen LogP contribution in [0.4, 0.5) is 4.39 Å². The Balaban J connectivity index is 1.26. The van der Waals surface area contributed by atoms with Crippen LogP contribution in [0.15, 0.2) is 54.6 Å². The van der Waals surface area contributed by atoms with Gasteiger partial charge in [-0.2, -0.15) is 0 Å². The average molecular weight is 340 g/mol. The highest BCUT2D eigenvalue weighted by Gasteiger charge is 2.18. The zero-order valence-corrected chi connectivity index (χ0v) is 15.0. The van der Waals surface area contributed by atoms with Crippen LogP contribution in [-0.2, 0) is 13.0 Å². The fraction of sp³-hybridized carbons (Fsp3) is 0.455. The van der Waals surface area contributed by atoms with Crippen molar-refractivity contribution in [1.29, 1.82) is 0 Å². The molecule has 0 amide bonds. The Hall–Kier alpha value is -1.71. The standard InChI is InChI=1S/C22H29FN2/c23-22-9-7-21(8-10-22)18-24-13-4-14-25-15-11-20(12-16-25)17-19-5-2-1-3-6-19/h1-3,5-10,20,24H,4,11-18H2. The molecule has 25 heavy (non-hydrogen) atoms. The van der Waals surface area contributed by atoms with Gasteiger partial charge in [-0.1, -0.05) is 42.5 Å². The Morgan fingerprint density at radius 1 is 0.920 bits per heavy atom. The minimum Gasteiger partial charge on any atom is -0.313 e. The molecular weight excluding hydrogens is 311 g/mol. The molecule has 1 fully saturated rings. The van der Waals surface area contributed by atoms with Gasteiger partial charge in [-0.25, -0.2) is 4.39 Å². The van der Waals surface area contributed by atoms with E-state index >= 15 is 0 Å². The van der Waals surface area contributed by atoms with Crippen molar-refractivity contribution in [2.75, 3.05) is 26.2 Å². The van der Waals surface area contributed by atoms with Crippen molar-refractivity contribution in [3.05, 3.63) is 71.5 Å². The van der Waals surface area contributed by atoms with E-state index in [9.17, 15) is 4.39 Å². The maximum absolute atomic E-state index is 12.9. The lowest BCUT2D eigenvalue weighted by Crippen LogP contribution is -2.36. The van der Waals surface area contributed by atoms with Gasteiger partial charge in [0, 0.05) is 6.54 Å². The summed E-state index contributed by atoms with van der Waals surface area (Å²) in [4.78, 5) is 2.60. The van der Waals surface area contributed by atoms with Crippen LogP contribution in [0.1, 0.15) is 30.4 Å². The van der Waals surface area contributed by atoms with Crippen LogP contribution < -0.4 is 5.32 Å². The molecule has 0 bridgehead atoms. The third kappa shape index (κ3) is 6.26. The lowest BCUT2D eigenvalue weighted by molar-refractivity contribution is 0.182. The van der Waals surface area contributed by atoms with Crippen LogP contribution >= 0.6 is 0 Å². The molecule has 3 rings (SSSR count). The smallest absolute Gasteiger partial charge is 0.123 e. The van der Waals surface area contributed by atoms with Crippen molar-refractivity contribution >= 4 is 0 Å². The topological polar surface area (TPSA) is 15.3 Å². The molecule has 1 saturated heterocycles. The van der Waals surface area contributed by atoms with Gasteiger partial charge in [-0.05, 0) is 81.0 Å². The highest BCUT2D eigenvalue weighted by molar-refractivity contribution is 5.16. The summed E-state index contributed by atoms with van der Waals surface area (Å²) in [6, 6.07) is 17.6. The summed E-state index contributed by atoms with van der Waals surface area (Å²) in [7, 11) is 0. The molecule has 2 aromatic rings. The first kappa shape index (κ1) is 18.1. The van der Waals surface area contributed by atoms with Crippen molar-refractivity contribution in [3.63, 3.8) is 0 Å². The maximum atomic E-state index is 12.9. The van der Waals surface area contributed by atoms with E-state index in [4.69, 9.17) is 0 Å². The molecule has 1 N–H and O–H groups in total. The summed E-state index contributed by atoms with van der Waals surface area (Å²) >= 11 is 0. The van der Waals surface area contributed by atoms with Crippen molar-refractivity contribution in [2.45, 2.75) is 32.2 Å². The summed E-state index contributed by atoms with van der Waals surface area (Å²) in [6.07, 6.45) is 5.04. The molecule has 2 aromatic carbocycles. The van der Waals surface area contributed by atoms with Gasteiger partial charge in [-0.15, -0.1) is 0 Å². The molecule has 1 heterocycles. The highest BCUT2D eigenvalue weighted by Crippen LogP contribution is 2.21. The van der Waals surface area contributed by atoms with E-state index in [0.717, 1.165) is 24.6 Å². The van der Waals surface area contributed by atoms with Gasteiger partial charge in [0.1, 0.15) is 5.82 Å². The average Bonchev–Trinajstić information content (AvgIpc) is 2.65. The van der Waals surface area contributed by atoms with Gasteiger partial charge in [-0.3, -0.25) is 0 Å². The first-order chi connectivity index (χ1) is 12.3. The van der Waals surface area contributed by atoms with Crippen molar-refractivity contribution in [1.82, 2.24) is 10.2 Å². The molecule has 134 valence electrons. The van der Waals surface area contributed by atoms with Crippen molar-refractivity contribution in [3.8, 4) is 0 Å². The number of rotatable bonds is 8. The highest BCUT2D eigenvalue weighted by atomic mass is 19.1. The number of benzene rings is 2. The molecule has 0 atom stereocenters. The molecule has 0 unspecified atom stereocenters. The number of halogens is 1. The fourth-order valence-corrected chi connectivity index (χ4v) is 3.62. The monoisotopic (exact) mass is 340 g/mol. The zero-order chi connectivity index (χ0) is 17.3. The van der Waals surface area contributed by atoms with Crippen LogP contribution in [0.2, 0.25) is 0 Å². The van der Waals surface area contributed by atoms with E-state index < -0.39 is 0 Å². The van der Waals surface area contributed by atoms with Gasteiger partial charge in [0.15, 0.2) is 0 Å². The Kier molecular flexibility index (Phi) is 7.01. The predicted molar refractivity (Wildman–Crippen MR) is 102 cm³/mol. The summed E-state index contributed by atoms with van der Waals surface area (Å²) < 4.78 is 12.9. The van der Waals surface area contributed by atoms with Gasteiger partial charge in [0.2, 0.25) is 0 Å². The number of nitrogens with one attached hydrogen (secondary N) is 1. The normalized spacial score (nSPS) is 16.2. The number of nitrogens with zero attached hydrogens (tertiary/aromatic N) is 1. The molecule has 0 aliphatic carbocycles. The second-order valence-corrected chi connectivity index (χ2v) is 7.13. The van der Waals surface area contributed by atoms with Crippen LogP contribution in [0.3, 0.4) is 0 Å². The van der Waals surface area contributed by atoms with E-state index in [0.29, 0.717) is 0 Å². The Morgan fingerprint density at radius 2 is 1.64 bits per heavy atom. The molecule has 0 saturated carbocycles. The molecule has 1 aliphatic heterocycles. The largest absolute Gasteiger partial charge is 0.313 e. The van der Waals surface area contributed by atoms with E-state index in [1.807, 2.05) is 12.1 Å². The van der Waals surface area contributed by atoms with E-state index in [1.165, 1.54) is 63.0 Å². The van der Waals surface area contributed by atoms with Gasteiger partial charge >= 0.3 is 0 Å². The van der Waals surface area contributed by atoms with Crippen LogP contribution in [-0.4, -0.2) is 31.1 Å². The van der Waals surface area contributed by atoms with E-state index in [2.05, 4.69) is 40.5 Å². The number of hydrogen-bond acceptors (Lipinski definition) is 2. The first-order valence-electron chi connectivity index (χ1n) is 9.51. The minimum atomic E-state index is -0.167. The predicted octanol–water partition coefficient (Wildman–Crippen LogP) is 4.26. The van der Waals surface area contributed by atoms with E-state index in [1.54, 1.807) is 0 Å². The summed E-state index contributed by atoms with van der Waals surface area (Å²) in [6.45, 7) is 5.47. The molecule has 0 spiro atoms.